The molecule has 3 aliphatic rings. The topological polar surface area (TPSA) is 36.9 Å². The highest BCUT2D eigenvalue weighted by atomic mass is 16.7. The summed E-state index contributed by atoms with van der Waals surface area (Å²) in [7, 11) is -0.795. The molecule has 3 aliphatic heterocycles. The fraction of sp³-hybridized carbons (Fsp3) is 1.00. The Kier molecular flexibility index (Phi) is 2.33. The molecule has 3 saturated heterocycles. The Labute approximate surface area is 104 Å². The van der Waals surface area contributed by atoms with Crippen molar-refractivity contribution in [1.82, 2.24) is 0 Å². The monoisotopic (exact) mass is 238 g/mol. The first-order valence-corrected chi connectivity index (χ1v) is 6.42. The van der Waals surface area contributed by atoms with Gasteiger partial charge in [0.15, 0.2) is 0 Å². The molecule has 3 rings (SSSR count). The van der Waals surface area contributed by atoms with Crippen molar-refractivity contribution in [3.63, 3.8) is 0 Å². The van der Waals surface area contributed by atoms with E-state index in [9.17, 15) is 0 Å². The molecule has 0 aliphatic carbocycles. The Bertz CT molecular complexity index is 346. The fourth-order valence-corrected chi connectivity index (χ4v) is 2.98. The van der Waals surface area contributed by atoms with Gasteiger partial charge in [0.1, 0.15) is 0 Å². The largest absolute Gasteiger partial charge is 0.488 e. The predicted octanol–water partition coefficient (Wildman–Crippen LogP) is 1.61. The first-order valence-electron chi connectivity index (χ1n) is 6.42. The minimum absolute atomic E-state index is 0.135. The molecule has 17 heavy (non-hydrogen) atoms. The lowest BCUT2D eigenvalue weighted by Crippen LogP contribution is -2.46. The first kappa shape index (κ1) is 12.0. The van der Waals surface area contributed by atoms with Gasteiger partial charge in [-0.1, -0.05) is 0 Å². The molecule has 0 spiro atoms. The molecule has 6 heteroatoms. The van der Waals surface area contributed by atoms with E-state index < -0.39 is 14.0 Å². The molecular formula is C11H20B2O4. The van der Waals surface area contributed by atoms with Crippen molar-refractivity contribution < 1.29 is 18.6 Å². The zero-order chi connectivity index (χ0) is 12.5. The van der Waals surface area contributed by atoms with Gasteiger partial charge in [0, 0.05) is 0 Å². The molecule has 4 nitrogen and oxygen atoms in total. The fourth-order valence-electron chi connectivity index (χ4n) is 2.98. The van der Waals surface area contributed by atoms with Crippen LogP contribution in [-0.4, -0.2) is 36.9 Å². The lowest BCUT2D eigenvalue weighted by Gasteiger charge is -2.38. The summed E-state index contributed by atoms with van der Waals surface area (Å²) in [5, 5.41) is 0. The van der Waals surface area contributed by atoms with Crippen LogP contribution in [0.4, 0.5) is 0 Å². The second kappa shape index (κ2) is 3.29. The van der Waals surface area contributed by atoms with Crippen molar-refractivity contribution in [2.24, 2.45) is 0 Å². The lowest BCUT2D eigenvalue weighted by atomic mass is 9.49. The highest BCUT2D eigenvalue weighted by Crippen LogP contribution is 2.46. The maximum atomic E-state index is 6.06. The van der Waals surface area contributed by atoms with Crippen molar-refractivity contribution in [3.05, 3.63) is 0 Å². The molecule has 2 atom stereocenters. The van der Waals surface area contributed by atoms with Crippen molar-refractivity contribution >= 4 is 14.0 Å². The normalized spacial score (nSPS) is 42.5. The summed E-state index contributed by atoms with van der Waals surface area (Å²) in [4.78, 5) is 0. The van der Waals surface area contributed by atoms with Gasteiger partial charge in [-0.3, -0.25) is 0 Å². The van der Waals surface area contributed by atoms with Gasteiger partial charge in [-0.25, -0.2) is 0 Å². The standard InChI is InChI=1S/C11H20B2O4/c1-9(2)8-6-7-11(5)10(3,4)16-13(17-11)12(14-8)15-9/h8H,6-7H2,1-5H3. The molecule has 0 aromatic carbocycles. The Balaban J connectivity index is 1.93. The average Bonchev–Trinajstić information content (AvgIpc) is 2.60. The van der Waals surface area contributed by atoms with Crippen LogP contribution in [0, 0.1) is 0 Å². The quantitative estimate of drug-likeness (QED) is 0.600. The molecule has 4 bridgehead atoms. The summed E-state index contributed by atoms with van der Waals surface area (Å²) in [5.74, 6) is 0. The van der Waals surface area contributed by atoms with Gasteiger partial charge in [0.25, 0.3) is 0 Å². The SMILES string of the molecule is CC1(C)OB2OC1CCC1(C)OB2OC1(C)C. The van der Waals surface area contributed by atoms with Crippen molar-refractivity contribution in [2.75, 3.05) is 0 Å². The Morgan fingerprint density at radius 2 is 1.65 bits per heavy atom. The number of rotatable bonds is 0. The smallest absolute Gasteiger partial charge is 0.408 e. The molecule has 94 valence electrons. The zero-order valence-corrected chi connectivity index (χ0v) is 11.3. The Hall–Kier alpha value is -0.0301. The van der Waals surface area contributed by atoms with E-state index in [1.807, 2.05) is 0 Å². The van der Waals surface area contributed by atoms with Crippen LogP contribution in [0.2, 0.25) is 0 Å². The Morgan fingerprint density at radius 3 is 2.35 bits per heavy atom. The molecule has 3 heterocycles. The molecule has 3 fully saturated rings. The van der Waals surface area contributed by atoms with Crippen molar-refractivity contribution in [1.29, 1.82) is 0 Å². The third kappa shape index (κ3) is 1.61. The van der Waals surface area contributed by atoms with Crippen LogP contribution in [0.15, 0.2) is 0 Å². The van der Waals surface area contributed by atoms with Crippen LogP contribution in [0.25, 0.3) is 0 Å². The maximum Gasteiger partial charge on any atom is 0.488 e. The summed E-state index contributed by atoms with van der Waals surface area (Å²) >= 11 is 0. The van der Waals surface area contributed by atoms with E-state index in [0.717, 1.165) is 12.8 Å². The van der Waals surface area contributed by atoms with Crippen molar-refractivity contribution in [2.45, 2.75) is 70.4 Å². The van der Waals surface area contributed by atoms with E-state index in [4.69, 9.17) is 18.6 Å². The predicted molar refractivity (Wildman–Crippen MR) is 65.4 cm³/mol. The molecule has 0 radical (unpaired) electrons. The van der Waals surface area contributed by atoms with E-state index >= 15 is 0 Å². The van der Waals surface area contributed by atoms with Crippen molar-refractivity contribution in [3.8, 4) is 0 Å². The van der Waals surface area contributed by atoms with E-state index in [1.54, 1.807) is 0 Å². The molecule has 0 aromatic rings. The average molecular weight is 238 g/mol. The summed E-state index contributed by atoms with van der Waals surface area (Å²) in [6.45, 7) is 10.4. The van der Waals surface area contributed by atoms with E-state index in [1.165, 1.54) is 0 Å². The third-order valence-electron chi connectivity index (χ3n) is 4.66. The zero-order valence-electron chi connectivity index (χ0n) is 11.3. The summed E-state index contributed by atoms with van der Waals surface area (Å²) in [6.07, 6.45) is 2.01. The molecule has 0 N–H and O–H groups in total. The second-order valence-electron chi connectivity index (χ2n) is 6.60. The van der Waals surface area contributed by atoms with E-state index in [0.29, 0.717) is 0 Å². The summed E-state index contributed by atoms with van der Waals surface area (Å²) < 4.78 is 23.9. The highest BCUT2D eigenvalue weighted by Gasteiger charge is 2.65. The molecular weight excluding hydrogens is 218 g/mol. The molecule has 0 aromatic heterocycles. The lowest BCUT2D eigenvalue weighted by molar-refractivity contribution is -0.0297. The number of fused-ring (bicyclic) bond motifs is 5. The second-order valence-corrected chi connectivity index (χ2v) is 6.60. The van der Waals surface area contributed by atoms with Crippen LogP contribution in [-0.2, 0) is 18.6 Å². The highest BCUT2D eigenvalue weighted by molar-refractivity contribution is 7.11. The van der Waals surface area contributed by atoms with Gasteiger partial charge in [-0.15, -0.1) is 0 Å². The minimum Gasteiger partial charge on any atom is -0.408 e. The van der Waals surface area contributed by atoms with Gasteiger partial charge in [-0.05, 0) is 47.5 Å². The van der Waals surface area contributed by atoms with Crippen LogP contribution in [0.5, 0.6) is 0 Å². The molecule has 0 amide bonds. The van der Waals surface area contributed by atoms with Gasteiger partial charge in [0.2, 0.25) is 0 Å². The maximum absolute atomic E-state index is 6.06. The minimum atomic E-state index is -0.403. The third-order valence-corrected chi connectivity index (χ3v) is 4.66. The van der Waals surface area contributed by atoms with Crippen LogP contribution in [0.1, 0.15) is 47.5 Å². The summed E-state index contributed by atoms with van der Waals surface area (Å²) in [5.41, 5.74) is -0.789. The van der Waals surface area contributed by atoms with Crippen LogP contribution in [0.3, 0.4) is 0 Å². The van der Waals surface area contributed by atoms with E-state index in [-0.39, 0.29) is 22.9 Å². The summed E-state index contributed by atoms with van der Waals surface area (Å²) in [6, 6.07) is 0. The van der Waals surface area contributed by atoms with Gasteiger partial charge in [-0.2, -0.15) is 0 Å². The molecule has 2 unspecified atom stereocenters. The Morgan fingerprint density at radius 1 is 0.941 bits per heavy atom. The first-order chi connectivity index (χ1) is 7.74. The van der Waals surface area contributed by atoms with Crippen LogP contribution >= 0.6 is 0 Å². The van der Waals surface area contributed by atoms with E-state index in [2.05, 4.69) is 34.6 Å². The number of hydrogen-bond donors (Lipinski definition) is 0. The van der Waals surface area contributed by atoms with Gasteiger partial charge >= 0.3 is 14.0 Å². The number of hydrogen-bond acceptors (Lipinski definition) is 4. The molecule has 0 saturated carbocycles. The van der Waals surface area contributed by atoms with Gasteiger partial charge in [0.05, 0.1) is 22.9 Å². The van der Waals surface area contributed by atoms with Gasteiger partial charge < -0.3 is 18.6 Å². The van der Waals surface area contributed by atoms with Crippen LogP contribution < -0.4 is 0 Å².